The van der Waals surface area contributed by atoms with Crippen LogP contribution >= 0.6 is 0 Å². The van der Waals surface area contributed by atoms with Crippen LogP contribution in [-0.2, 0) is 4.79 Å². The second-order valence-corrected chi connectivity index (χ2v) is 4.40. The number of rotatable bonds is 1. The summed E-state index contributed by atoms with van der Waals surface area (Å²) in [5.41, 5.74) is 6.68. The number of benzene rings is 1. The molecule has 0 saturated carbocycles. The van der Waals surface area contributed by atoms with E-state index in [1.165, 1.54) is 0 Å². The van der Waals surface area contributed by atoms with Gasteiger partial charge in [0.15, 0.2) is 0 Å². The molecule has 2 aliphatic heterocycles. The number of likely N-dealkylation sites (tertiary alicyclic amines) is 1. The summed E-state index contributed by atoms with van der Waals surface area (Å²) in [4.78, 5) is 13.9. The van der Waals surface area contributed by atoms with Gasteiger partial charge in [-0.15, -0.1) is 0 Å². The Kier molecular flexibility index (Phi) is 2.11. The van der Waals surface area contributed by atoms with Gasteiger partial charge in [-0.2, -0.15) is 0 Å². The van der Waals surface area contributed by atoms with Crippen molar-refractivity contribution >= 4 is 5.91 Å². The van der Waals surface area contributed by atoms with Crippen LogP contribution in [0.4, 0.5) is 0 Å². The van der Waals surface area contributed by atoms with Crippen molar-refractivity contribution in [2.24, 2.45) is 5.73 Å². The lowest BCUT2D eigenvalue weighted by atomic mass is 9.97. The third kappa shape index (κ3) is 1.38. The Hall–Kier alpha value is -1.55. The fourth-order valence-corrected chi connectivity index (χ4v) is 2.28. The van der Waals surface area contributed by atoms with Crippen LogP contribution in [0.25, 0.3) is 0 Å². The maximum Gasteiger partial charge on any atom is 0.233 e. The first-order valence-electron chi connectivity index (χ1n) is 5.52. The number of hydrogen-bond acceptors (Lipinski definition) is 3. The van der Waals surface area contributed by atoms with E-state index in [2.05, 4.69) is 0 Å². The van der Waals surface area contributed by atoms with Crippen molar-refractivity contribution in [3.05, 3.63) is 29.8 Å². The fourth-order valence-electron chi connectivity index (χ4n) is 2.28. The molecule has 1 amide bonds. The number of carbonyl (C=O) groups excluding carboxylic acids is 1. The molecule has 1 saturated heterocycles. The Morgan fingerprint density at radius 3 is 2.88 bits per heavy atom. The topological polar surface area (TPSA) is 55.6 Å². The molecule has 1 aromatic rings. The fraction of sp³-hybridized carbons (Fsp3) is 0.417. The van der Waals surface area contributed by atoms with E-state index < -0.39 is 0 Å². The highest BCUT2D eigenvalue weighted by Crippen LogP contribution is 2.35. The molecule has 16 heavy (non-hydrogen) atoms. The molecule has 1 aromatic carbocycles. The van der Waals surface area contributed by atoms with Gasteiger partial charge in [-0.25, -0.2) is 0 Å². The summed E-state index contributed by atoms with van der Waals surface area (Å²) in [6, 6.07) is 7.89. The number of fused-ring (bicyclic) bond motifs is 1. The van der Waals surface area contributed by atoms with E-state index in [0.29, 0.717) is 19.7 Å². The van der Waals surface area contributed by atoms with Crippen molar-refractivity contribution < 1.29 is 9.53 Å². The van der Waals surface area contributed by atoms with Crippen molar-refractivity contribution in [3.8, 4) is 5.75 Å². The van der Waals surface area contributed by atoms with E-state index in [1.807, 2.05) is 24.3 Å². The minimum absolute atomic E-state index is 0.135. The molecule has 1 atom stereocenters. The molecule has 0 spiro atoms. The third-order valence-electron chi connectivity index (χ3n) is 3.22. The van der Waals surface area contributed by atoms with Crippen molar-refractivity contribution in [1.29, 1.82) is 0 Å². The maximum absolute atomic E-state index is 12.1. The minimum atomic E-state index is -0.135. The summed E-state index contributed by atoms with van der Waals surface area (Å²) in [5.74, 6) is 0.848. The highest BCUT2D eigenvalue weighted by atomic mass is 16.5. The lowest BCUT2D eigenvalue weighted by Gasteiger charge is -2.38. The number of carbonyl (C=O) groups is 1. The van der Waals surface area contributed by atoms with Crippen LogP contribution in [0.5, 0.6) is 5.75 Å². The molecule has 4 nitrogen and oxygen atoms in total. The molecule has 4 heteroatoms. The average molecular weight is 218 g/mol. The molecule has 1 fully saturated rings. The van der Waals surface area contributed by atoms with Crippen LogP contribution in [-0.4, -0.2) is 36.5 Å². The van der Waals surface area contributed by atoms with E-state index in [-0.39, 0.29) is 17.9 Å². The first-order valence-corrected chi connectivity index (χ1v) is 5.52. The zero-order valence-corrected chi connectivity index (χ0v) is 8.93. The van der Waals surface area contributed by atoms with Gasteiger partial charge in [-0.3, -0.25) is 4.79 Å². The molecule has 2 heterocycles. The molecular formula is C12H14N2O2. The summed E-state index contributed by atoms with van der Waals surface area (Å²) in [6.45, 7) is 1.82. The Balaban J connectivity index is 1.80. The van der Waals surface area contributed by atoms with E-state index in [9.17, 15) is 4.79 Å². The van der Waals surface area contributed by atoms with E-state index in [1.54, 1.807) is 4.90 Å². The molecule has 0 aliphatic carbocycles. The number of amides is 1. The Morgan fingerprint density at radius 1 is 1.38 bits per heavy atom. The van der Waals surface area contributed by atoms with Gasteiger partial charge in [0.1, 0.15) is 18.3 Å². The predicted octanol–water partition coefficient (Wildman–Crippen LogP) is 0.332. The first-order chi connectivity index (χ1) is 7.75. The van der Waals surface area contributed by atoms with Crippen molar-refractivity contribution in [1.82, 2.24) is 4.90 Å². The molecule has 84 valence electrons. The monoisotopic (exact) mass is 218 g/mol. The van der Waals surface area contributed by atoms with Gasteiger partial charge in [0.25, 0.3) is 0 Å². The maximum atomic E-state index is 12.1. The highest BCUT2D eigenvalue weighted by molar-refractivity contribution is 5.86. The molecule has 2 aliphatic rings. The van der Waals surface area contributed by atoms with Gasteiger partial charge < -0.3 is 15.4 Å². The average Bonchev–Trinajstić information content (AvgIpc) is 2.67. The number of ether oxygens (including phenoxy) is 1. The summed E-state index contributed by atoms with van der Waals surface area (Å²) in [6.07, 6.45) is 0. The molecular weight excluding hydrogens is 204 g/mol. The van der Waals surface area contributed by atoms with E-state index >= 15 is 0 Å². The normalized spacial score (nSPS) is 23.6. The summed E-state index contributed by atoms with van der Waals surface area (Å²) >= 11 is 0. The Morgan fingerprint density at radius 2 is 2.12 bits per heavy atom. The van der Waals surface area contributed by atoms with Gasteiger partial charge in [-0.05, 0) is 6.07 Å². The van der Waals surface area contributed by atoms with E-state index in [0.717, 1.165) is 11.3 Å². The Labute approximate surface area is 94.0 Å². The lowest BCUT2D eigenvalue weighted by molar-refractivity contribution is -0.137. The summed E-state index contributed by atoms with van der Waals surface area (Å²) < 4.78 is 5.50. The molecule has 1 unspecified atom stereocenters. The summed E-state index contributed by atoms with van der Waals surface area (Å²) in [5, 5.41) is 0. The largest absolute Gasteiger partial charge is 0.492 e. The first kappa shape index (κ1) is 9.66. The summed E-state index contributed by atoms with van der Waals surface area (Å²) in [7, 11) is 0. The standard InChI is InChI=1S/C12H14N2O2/c13-8-5-14(6-8)12(15)10-7-16-11-4-2-1-3-9(10)11/h1-4,8,10H,5-7,13H2. The van der Waals surface area contributed by atoms with Gasteiger partial charge in [-0.1, -0.05) is 18.2 Å². The van der Waals surface area contributed by atoms with Crippen LogP contribution in [0.2, 0.25) is 0 Å². The van der Waals surface area contributed by atoms with Gasteiger partial charge in [0, 0.05) is 24.7 Å². The van der Waals surface area contributed by atoms with Gasteiger partial charge in [0.2, 0.25) is 5.91 Å². The minimum Gasteiger partial charge on any atom is -0.492 e. The SMILES string of the molecule is NC1CN(C(=O)C2COc3ccccc32)C1. The molecule has 0 bridgehead atoms. The van der Waals surface area contributed by atoms with E-state index in [4.69, 9.17) is 10.5 Å². The molecule has 0 aromatic heterocycles. The quantitative estimate of drug-likeness (QED) is 0.739. The van der Waals surface area contributed by atoms with Crippen LogP contribution < -0.4 is 10.5 Å². The number of hydrogen-bond donors (Lipinski definition) is 1. The van der Waals surface area contributed by atoms with Crippen LogP contribution in [0.1, 0.15) is 11.5 Å². The third-order valence-corrected chi connectivity index (χ3v) is 3.22. The number of para-hydroxylation sites is 1. The predicted molar refractivity (Wildman–Crippen MR) is 59.2 cm³/mol. The highest BCUT2D eigenvalue weighted by Gasteiger charge is 2.37. The zero-order chi connectivity index (χ0) is 11.1. The van der Waals surface area contributed by atoms with Crippen molar-refractivity contribution in [2.75, 3.05) is 19.7 Å². The molecule has 0 radical (unpaired) electrons. The van der Waals surface area contributed by atoms with Gasteiger partial charge >= 0.3 is 0 Å². The molecule has 3 rings (SSSR count). The second kappa shape index (κ2) is 3.49. The van der Waals surface area contributed by atoms with Crippen molar-refractivity contribution in [3.63, 3.8) is 0 Å². The number of nitrogens with two attached hydrogens (primary N) is 1. The van der Waals surface area contributed by atoms with Crippen LogP contribution in [0.3, 0.4) is 0 Å². The zero-order valence-electron chi connectivity index (χ0n) is 8.93. The van der Waals surface area contributed by atoms with Gasteiger partial charge in [0.05, 0.1) is 0 Å². The second-order valence-electron chi connectivity index (χ2n) is 4.40. The lowest BCUT2D eigenvalue weighted by Crippen LogP contribution is -2.59. The number of nitrogens with zero attached hydrogens (tertiary/aromatic N) is 1. The van der Waals surface area contributed by atoms with Crippen LogP contribution in [0.15, 0.2) is 24.3 Å². The van der Waals surface area contributed by atoms with Crippen molar-refractivity contribution in [2.45, 2.75) is 12.0 Å². The molecule has 2 N–H and O–H groups in total. The Bertz CT molecular complexity index is 427. The van der Waals surface area contributed by atoms with Crippen LogP contribution in [0, 0.1) is 0 Å². The smallest absolute Gasteiger partial charge is 0.233 e.